The number of esters is 1. The lowest BCUT2D eigenvalue weighted by atomic mass is 9.84. The van der Waals surface area contributed by atoms with Crippen molar-refractivity contribution in [2.45, 2.75) is 19.9 Å². The SMILES string of the molecule is COC(=O)C1CNC1C(C)C. The molecule has 1 aliphatic heterocycles. The summed E-state index contributed by atoms with van der Waals surface area (Å²) in [5, 5.41) is 3.21. The van der Waals surface area contributed by atoms with Gasteiger partial charge in [-0.25, -0.2) is 0 Å². The van der Waals surface area contributed by atoms with Crippen LogP contribution in [-0.2, 0) is 9.53 Å². The summed E-state index contributed by atoms with van der Waals surface area (Å²) in [7, 11) is 1.44. The number of hydrogen-bond acceptors (Lipinski definition) is 3. The third-order valence-corrected chi connectivity index (χ3v) is 2.23. The molecule has 0 spiro atoms. The largest absolute Gasteiger partial charge is 0.469 e. The first kappa shape index (κ1) is 8.53. The van der Waals surface area contributed by atoms with E-state index in [-0.39, 0.29) is 11.9 Å². The molecule has 0 aromatic carbocycles. The summed E-state index contributed by atoms with van der Waals surface area (Å²) in [5.41, 5.74) is 0. The van der Waals surface area contributed by atoms with E-state index < -0.39 is 0 Å². The fourth-order valence-electron chi connectivity index (χ4n) is 1.45. The van der Waals surface area contributed by atoms with Gasteiger partial charge >= 0.3 is 5.97 Å². The van der Waals surface area contributed by atoms with E-state index in [2.05, 4.69) is 23.9 Å². The van der Waals surface area contributed by atoms with Gasteiger partial charge in [-0.15, -0.1) is 0 Å². The zero-order valence-electron chi connectivity index (χ0n) is 7.26. The Balaban J connectivity index is 2.43. The summed E-state index contributed by atoms with van der Waals surface area (Å²) < 4.78 is 4.66. The monoisotopic (exact) mass is 157 g/mol. The second kappa shape index (κ2) is 3.22. The summed E-state index contributed by atoms with van der Waals surface area (Å²) in [6, 6.07) is 0.322. The molecule has 0 aromatic heterocycles. The van der Waals surface area contributed by atoms with Crippen molar-refractivity contribution in [3.05, 3.63) is 0 Å². The first-order valence-corrected chi connectivity index (χ1v) is 3.98. The quantitative estimate of drug-likeness (QED) is 0.590. The maximum absolute atomic E-state index is 11.0. The van der Waals surface area contributed by atoms with Crippen molar-refractivity contribution in [1.82, 2.24) is 5.32 Å². The molecule has 2 unspecified atom stereocenters. The molecule has 0 bridgehead atoms. The van der Waals surface area contributed by atoms with Crippen LogP contribution in [0.2, 0.25) is 0 Å². The van der Waals surface area contributed by atoms with E-state index in [1.807, 2.05) is 0 Å². The van der Waals surface area contributed by atoms with Crippen LogP contribution in [0.3, 0.4) is 0 Å². The van der Waals surface area contributed by atoms with Crippen molar-refractivity contribution in [2.75, 3.05) is 13.7 Å². The Kier molecular flexibility index (Phi) is 2.49. The number of hydrogen-bond donors (Lipinski definition) is 1. The second-order valence-electron chi connectivity index (χ2n) is 3.31. The summed E-state index contributed by atoms with van der Waals surface area (Å²) >= 11 is 0. The highest BCUT2D eigenvalue weighted by Gasteiger charge is 2.38. The molecule has 1 fully saturated rings. The molecule has 2 atom stereocenters. The Hall–Kier alpha value is -0.570. The van der Waals surface area contributed by atoms with Crippen molar-refractivity contribution in [3.63, 3.8) is 0 Å². The Bertz CT molecular complexity index is 156. The minimum atomic E-state index is -0.0811. The molecule has 0 radical (unpaired) electrons. The molecule has 0 saturated carbocycles. The standard InChI is InChI=1S/C8H15NO2/c1-5(2)7-6(4-9-7)8(10)11-3/h5-7,9H,4H2,1-3H3. The molecular formula is C8H15NO2. The van der Waals surface area contributed by atoms with Crippen LogP contribution in [-0.4, -0.2) is 25.7 Å². The van der Waals surface area contributed by atoms with E-state index in [0.717, 1.165) is 6.54 Å². The zero-order valence-corrected chi connectivity index (χ0v) is 7.26. The van der Waals surface area contributed by atoms with Gasteiger partial charge in [-0.1, -0.05) is 13.8 Å². The molecule has 1 rings (SSSR count). The van der Waals surface area contributed by atoms with Gasteiger partial charge in [-0.05, 0) is 5.92 Å². The lowest BCUT2D eigenvalue weighted by Gasteiger charge is -2.38. The average molecular weight is 157 g/mol. The number of carbonyl (C=O) groups is 1. The van der Waals surface area contributed by atoms with Crippen LogP contribution >= 0.6 is 0 Å². The maximum atomic E-state index is 11.0. The fourth-order valence-corrected chi connectivity index (χ4v) is 1.45. The molecule has 1 aliphatic rings. The van der Waals surface area contributed by atoms with Gasteiger partial charge in [-0.3, -0.25) is 4.79 Å². The summed E-state index contributed by atoms with van der Waals surface area (Å²) in [6.45, 7) is 4.98. The van der Waals surface area contributed by atoms with Crippen molar-refractivity contribution in [3.8, 4) is 0 Å². The van der Waals surface area contributed by atoms with Gasteiger partial charge in [-0.2, -0.15) is 0 Å². The van der Waals surface area contributed by atoms with Crippen LogP contribution in [0.1, 0.15) is 13.8 Å². The topological polar surface area (TPSA) is 38.3 Å². The number of rotatable bonds is 2. The minimum absolute atomic E-state index is 0.0811. The minimum Gasteiger partial charge on any atom is -0.469 e. The van der Waals surface area contributed by atoms with Gasteiger partial charge in [0.15, 0.2) is 0 Å². The van der Waals surface area contributed by atoms with Gasteiger partial charge < -0.3 is 10.1 Å². The van der Waals surface area contributed by atoms with Gasteiger partial charge in [0.2, 0.25) is 0 Å². The van der Waals surface area contributed by atoms with Crippen LogP contribution in [0.15, 0.2) is 0 Å². The van der Waals surface area contributed by atoms with Crippen molar-refractivity contribution in [1.29, 1.82) is 0 Å². The average Bonchev–Trinajstić information content (AvgIpc) is 1.83. The van der Waals surface area contributed by atoms with E-state index in [0.29, 0.717) is 12.0 Å². The molecule has 1 saturated heterocycles. The summed E-state index contributed by atoms with van der Waals surface area (Å²) in [4.78, 5) is 11.0. The Morgan fingerprint density at radius 3 is 2.55 bits per heavy atom. The highest BCUT2D eigenvalue weighted by molar-refractivity contribution is 5.74. The molecule has 1 N–H and O–H groups in total. The highest BCUT2D eigenvalue weighted by atomic mass is 16.5. The first-order chi connectivity index (χ1) is 5.16. The normalized spacial score (nSPS) is 29.8. The number of nitrogens with one attached hydrogen (secondary N) is 1. The molecule has 64 valence electrons. The van der Waals surface area contributed by atoms with E-state index in [9.17, 15) is 4.79 Å². The van der Waals surface area contributed by atoms with Crippen LogP contribution in [0.25, 0.3) is 0 Å². The third-order valence-electron chi connectivity index (χ3n) is 2.23. The molecular weight excluding hydrogens is 142 g/mol. The lowest BCUT2D eigenvalue weighted by Crippen LogP contribution is -2.59. The van der Waals surface area contributed by atoms with E-state index in [1.165, 1.54) is 7.11 Å². The van der Waals surface area contributed by atoms with Crippen molar-refractivity contribution >= 4 is 5.97 Å². The Labute approximate surface area is 67.1 Å². The highest BCUT2D eigenvalue weighted by Crippen LogP contribution is 2.21. The van der Waals surface area contributed by atoms with Crippen LogP contribution in [0, 0.1) is 11.8 Å². The second-order valence-corrected chi connectivity index (χ2v) is 3.31. The van der Waals surface area contributed by atoms with Gasteiger partial charge in [0.05, 0.1) is 13.0 Å². The molecule has 0 amide bonds. The third kappa shape index (κ3) is 1.53. The predicted octanol–water partition coefficient (Wildman–Crippen LogP) is 0.403. The molecule has 3 nitrogen and oxygen atoms in total. The fraction of sp³-hybridized carbons (Fsp3) is 0.875. The molecule has 11 heavy (non-hydrogen) atoms. The van der Waals surface area contributed by atoms with Gasteiger partial charge in [0, 0.05) is 12.6 Å². The van der Waals surface area contributed by atoms with E-state index in [1.54, 1.807) is 0 Å². The first-order valence-electron chi connectivity index (χ1n) is 3.98. The van der Waals surface area contributed by atoms with Crippen LogP contribution in [0.5, 0.6) is 0 Å². The van der Waals surface area contributed by atoms with E-state index >= 15 is 0 Å². The number of methoxy groups -OCH3 is 1. The molecule has 0 aromatic rings. The molecule has 0 aliphatic carbocycles. The van der Waals surface area contributed by atoms with Gasteiger partial charge in [0.25, 0.3) is 0 Å². The molecule has 3 heteroatoms. The molecule has 1 heterocycles. The van der Waals surface area contributed by atoms with E-state index in [4.69, 9.17) is 0 Å². The smallest absolute Gasteiger partial charge is 0.311 e. The Morgan fingerprint density at radius 2 is 2.27 bits per heavy atom. The summed E-state index contributed by atoms with van der Waals surface area (Å²) in [6.07, 6.45) is 0. The van der Waals surface area contributed by atoms with Crippen LogP contribution < -0.4 is 5.32 Å². The van der Waals surface area contributed by atoms with Crippen LogP contribution in [0.4, 0.5) is 0 Å². The zero-order chi connectivity index (χ0) is 8.43. The van der Waals surface area contributed by atoms with Crippen molar-refractivity contribution < 1.29 is 9.53 Å². The predicted molar refractivity (Wildman–Crippen MR) is 42.1 cm³/mol. The van der Waals surface area contributed by atoms with Gasteiger partial charge in [0.1, 0.15) is 0 Å². The van der Waals surface area contributed by atoms with Crippen molar-refractivity contribution in [2.24, 2.45) is 11.8 Å². The lowest BCUT2D eigenvalue weighted by molar-refractivity contribution is -0.150. The number of ether oxygens (including phenoxy) is 1. The summed E-state index contributed by atoms with van der Waals surface area (Å²) in [5.74, 6) is 0.510. The number of carbonyl (C=O) groups excluding carboxylic acids is 1. The Morgan fingerprint density at radius 1 is 1.64 bits per heavy atom. The maximum Gasteiger partial charge on any atom is 0.311 e.